The highest BCUT2D eigenvalue weighted by Crippen LogP contribution is 2.27. The average molecular weight is 441 g/mol. The third-order valence-electron chi connectivity index (χ3n) is 4.43. The van der Waals surface area contributed by atoms with Crippen LogP contribution < -0.4 is 10.6 Å². The Morgan fingerprint density at radius 1 is 1.10 bits per heavy atom. The first-order valence-electron chi connectivity index (χ1n) is 9.46. The minimum atomic E-state index is -4.14. The van der Waals surface area contributed by atoms with Gasteiger partial charge in [0.2, 0.25) is 0 Å². The lowest BCUT2D eigenvalue weighted by atomic mass is 10.1. The van der Waals surface area contributed by atoms with Crippen LogP contribution in [0.2, 0.25) is 0 Å². The van der Waals surface area contributed by atoms with Gasteiger partial charge >= 0.3 is 0 Å². The second kappa shape index (κ2) is 11.7. The van der Waals surface area contributed by atoms with Gasteiger partial charge in [-0.1, -0.05) is 37.5 Å². The van der Waals surface area contributed by atoms with E-state index in [9.17, 15) is 13.7 Å². The van der Waals surface area contributed by atoms with Gasteiger partial charge in [-0.15, -0.1) is 0 Å². The molecule has 164 valence electrons. The number of aromatic nitrogens is 1. The van der Waals surface area contributed by atoms with Crippen molar-refractivity contribution in [2.24, 2.45) is 0 Å². The maximum absolute atomic E-state index is 11.1. The first kappa shape index (κ1) is 25.6. The maximum atomic E-state index is 11.1. The molecular formula is C23H28N4O3S. The van der Waals surface area contributed by atoms with Crippen molar-refractivity contribution in [2.75, 3.05) is 10.6 Å². The predicted molar refractivity (Wildman–Crippen MR) is 127 cm³/mol. The normalized spacial score (nSPS) is 13.8. The van der Waals surface area contributed by atoms with Gasteiger partial charge in [-0.05, 0) is 63.1 Å². The molecule has 0 aromatic carbocycles. The number of nitrogens with zero attached hydrogens (tertiary/aromatic N) is 2. The molecule has 7 nitrogen and oxygen atoms in total. The third-order valence-corrected chi connectivity index (χ3v) is 5.52. The summed E-state index contributed by atoms with van der Waals surface area (Å²) in [6, 6.07) is 2.19. The molecule has 0 saturated heterocycles. The van der Waals surface area contributed by atoms with Crippen molar-refractivity contribution in [1.82, 2.24) is 4.98 Å². The molecule has 1 unspecified atom stereocenters. The molecule has 0 saturated carbocycles. The second-order valence-corrected chi connectivity index (χ2v) is 8.35. The van der Waals surface area contributed by atoms with Gasteiger partial charge in [-0.3, -0.25) is 4.55 Å². The van der Waals surface area contributed by atoms with E-state index in [0.717, 1.165) is 11.1 Å². The van der Waals surface area contributed by atoms with Gasteiger partial charge in [0.25, 0.3) is 10.1 Å². The summed E-state index contributed by atoms with van der Waals surface area (Å²) in [5, 5.41) is 14.8. The number of pyridine rings is 1. The van der Waals surface area contributed by atoms with Crippen LogP contribution in [0.3, 0.4) is 0 Å². The highest BCUT2D eigenvalue weighted by atomic mass is 32.2. The molecule has 1 rings (SSSR count). The van der Waals surface area contributed by atoms with Crippen molar-refractivity contribution in [3.63, 3.8) is 0 Å². The molecule has 31 heavy (non-hydrogen) atoms. The number of rotatable bonds is 10. The molecule has 0 spiro atoms. The molecule has 1 atom stereocenters. The lowest BCUT2D eigenvalue weighted by Crippen LogP contribution is -2.13. The molecule has 8 heteroatoms. The Kier molecular flexibility index (Phi) is 9.67. The summed E-state index contributed by atoms with van der Waals surface area (Å²) in [7, 11) is -4.14. The highest BCUT2D eigenvalue weighted by molar-refractivity contribution is 7.86. The summed E-state index contributed by atoms with van der Waals surface area (Å²) in [6.07, 6.45) is 13.2. The molecule has 1 aromatic heterocycles. The first-order valence-corrected chi connectivity index (χ1v) is 11.0. The quantitative estimate of drug-likeness (QED) is 0.348. The molecule has 0 amide bonds. The van der Waals surface area contributed by atoms with Gasteiger partial charge in [-0.25, -0.2) is 4.98 Å². The fourth-order valence-electron chi connectivity index (χ4n) is 2.35. The summed E-state index contributed by atoms with van der Waals surface area (Å²) in [4.78, 5) is 4.56. The number of hydrogen-bond donors (Lipinski definition) is 3. The average Bonchev–Trinajstić information content (AvgIpc) is 2.72. The summed E-state index contributed by atoms with van der Waals surface area (Å²) in [5.41, 5.74) is 3.19. The van der Waals surface area contributed by atoms with Gasteiger partial charge in [0.15, 0.2) is 5.82 Å². The van der Waals surface area contributed by atoms with Crippen molar-refractivity contribution >= 4 is 21.8 Å². The van der Waals surface area contributed by atoms with Crippen molar-refractivity contribution in [3.05, 3.63) is 89.9 Å². The van der Waals surface area contributed by atoms with Gasteiger partial charge in [-0.2, -0.15) is 13.7 Å². The molecule has 0 radical (unpaired) electrons. The summed E-state index contributed by atoms with van der Waals surface area (Å²) in [5.74, 6) is 0.888. The van der Waals surface area contributed by atoms with E-state index in [1.807, 2.05) is 39.0 Å². The topological polar surface area (TPSA) is 115 Å². The van der Waals surface area contributed by atoms with E-state index in [0.29, 0.717) is 28.6 Å². The molecule has 1 heterocycles. The molecule has 0 fully saturated rings. The Morgan fingerprint density at radius 3 is 2.13 bits per heavy atom. The van der Waals surface area contributed by atoms with Crippen LogP contribution in [-0.4, -0.2) is 23.2 Å². The summed E-state index contributed by atoms with van der Waals surface area (Å²) < 4.78 is 31.3. The van der Waals surface area contributed by atoms with Crippen molar-refractivity contribution in [1.29, 1.82) is 5.26 Å². The maximum Gasteiger partial charge on any atom is 0.271 e. The van der Waals surface area contributed by atoms with Crippen molar-refractivity contribution < 1.29 is 13.0 Å². The minimum absolute atomic E-state index is 0.378. The standard InChI is InChI=1S/C23H28N4O3S/c1-7-10-13-19(8-2)26-23-21(15-24)17(5)18(6)22(27-23)25-20(9-3)14-11-12-16(4)31(28,29)30/h7-14,16H,2-3H2,1,4-6H3,(H2,25,26,27)(H,28,29,30)/b10-7-,12-11-,19-13+,20-14+. The minimum Gasteiger partial charge on any atom is -0.340 e. The smallest absolute Gasteiger partial charge is 0.271 e. The number of nitriles is 1. The van der Waals surface area contributed by atoms with E-state index in [-0.39, 0.29) is 0 Å². The van der Waals surface area contributed by atoms with Crippen LogP contribution in [0.15, 0.2) is 73.2 Å². The van der Waals surface area contributed by atoms with Crippen molar-refractivity contribution in [3.8, 4) is 6.07 Å². The zero-order chi connectivity index (χ0) is 23.6. The Balaban J connectivity index is 3.36. The number of hydrogen-bond acceptors (Lipinski definition) is 6. The molecule has 1 aromatic rings. The van der Waals surface area contributed by atoms with Gasteiger partial charge in [0.05, 0.1) is 5.56 Å². The zero-order valence-corrected chi connectivity index (χ0v) is 19.0. The Bertz CT molecular complexity index is 1100. The van der Waals surface area contributed by atoms with Crippen LogP contribution in [-0.2, 0) is 10.1 Å². The van der Waals surface area contributed by atoms with E-state index < -0.39 is 15.4 Å². The largest absolute Gasteiger partial charge is 0.340 e. The van der Waals surface area contributed by atoms with E-state index in [1.54, 1.807) is 18.2 Å². The zero-order valence-electron chi connectivity index (χ0n) is 18.2. The number of nitrogens with one attached hydrogen (secondary N) is 2. The van der Waals surface area contributed by atoms with E-state index in [4.69, 9.17) is 4.55 Å². The van der Waals surface area contributed by atoms with Crippen LogP contribution in [0, 0.1) is 25.2 Å². The van der Waals surface area contributed by atoms with Crippen LogP contribution >= 0.6 is 0 Å². The monoisotopic (exact) mass is 440 g/mol. The summed E-state index contributed by atoms with van der Waals surface area (Å²) in [6.45, 7) is 14.5. The SMILES string of the molecule is C=C/C(=C\C=C/C(C)S(=O)(=O)O)Nc1nc(N/C(C=C)=C/C=C\C)c(C#N)c(C)c1C. The molecule has 3 N–H and O–H groups in total. The van der Waals surface area contributed by atoms with E-state index in [1.165, 1.54) is 19.1 Å². The van der Waals surface area contributed by atoms with Gasteiger partial charge in [0.1, 0.15) is 17.1 Å². The van der Waals surface area contributed by atoms with Crippen LogP contribution in [0.1, 0.15) is 30.5 Å². The van der Waals surface area contributed by atoms with Gasteiger partial charge in [0, 0.05) is 11.4 Å². The molecular weight excluding hydrogens is 412 g/mol. The highest BCUT2D eigenvalue weighted by Gasteiger charge is 2.15. The fourth-order valence-corrected chi connectivity index (χ4v) is 2.64. The lowest BCUT2D eigenvalue weighted by Gasteiger charge is -2.17. The fraction of sp³-hybridized carbons (Fsp3) is 0.217. The Morgan fingerprint density at radius 2 is 1.65 bits per heavy atom. The lowest BCUT2D eigenvalue weighted by molar-refractivity contribution is 0.477. The van der Waals surface area contributed by atoms with E-state index in [2.05, 4.69) is 34.8 Å². The van der Waals surface area contributed by atoms with E-state index >= 15 is 0 Å². The summed E-state index contributed by atoms with van der Waals surface area (Å²) >= 11 is 0. The Hall–Kier alpha value is -3.41. The van der Waals surface area contributed by atoms with Crippen LogP contribution in [0.25, 0.3) is 0 Å². The molecule has 0 aliphatic carbocycles. The van der Waals surface area contributed by atoms with Crippen LogP contribution in [0.4, 0.5) is 11.6 Å². The molecule has 0 aliphatic rings. The predicted octanol–water partition coefficient (Wildman–Crippen LogP) is 4.94. The van der Waals surface area contributed by atoms with Crippen LogP contribution in [0.5, 0.6) is 0 Å². The second-order valence-electron chi connectivity index (χ2n) is 6.58. The first-order chi connectivity index (χ1) is 14.6. The third kappa shape index (κ3) is 7.41. The number of anilines is 2. The molecule has 0 bridgehead atoms. The van der Waals surface area contributed by atoms with Gasteiger partial charge < -0.3 is 10.6 Å². The molecule has 0 aliphatic heterocycles. The number of allylic oxidation sites excluding steroid dienone is 7. The van der Waals surface area contributed by atoms with Crippen molar-refractivity contribution in [2.45, 2.75) is 32.9 Å². The Labute approximate surface area is 184 Å².